The molecule has 41 heavy (non-hydrogen) atoms. The number of ketones is 1. The summed E-state index contributed by atoms with van der Waals surface area (Å²) in [4.78, 5) is 38.0. The third kappa shape index (κ3) is 4.82. The molecule has 0 saturated heterocycles. The zero-order valence-corrected chi connectivity index (χ0v) is 24.4. The van der Waals surface area contributed by atoms with Crippen LogP contribution in [0.5, 0.6) is 0 Å². The fourth-order valence-electron chi connectivity index (χ4n) is 6.84. The zero-order chi connectivity index (χ0) is 29.0. The van der Waals surface area contributed by atoms with E-state index in [4.69, 9.17) is 0 Å². The Hall–Kier alpha value is -4.32. The summed E-state index contributed by atoms with van der Waals surface area (Å²) in [5, 5.41) is 3.35. The third-order valence-corrected chi connectivity index (χ3v) is 8.55. The summed E-state index contributed by atoms with van der Waals surface area (Å²) >= 11 is 0. The van der Waals surface area contributed by atoms with Crippen LogP contribution in [0.4, 0.5) is 17.3 Å². The van der Waals surface area contributed by atoms with Crippen molar-refractivity contribution >= 4 is 29.0 Å². The molecule has 0 bridgehead atoms. The van der Waals surface area contributed by atoms with Crippen LogP contribution in [0.15, 0.2) is 85.1 Å². The minimum Gasteiger partial charge on any atom is -0.324 e. The van der Waals surface area contributed by atoms with Gasteiger partial charge in [-0.25, -0.2) is 9.97 Å². The van der Waals surface area contributed by atoms with Gasteiger partial charge in [0, 0.05) is 46.1 Å². The average molecular weight is 545 g/mol. The lowest BCUT2D eigenvalue weighted by Crippen LogP contribution is -2.55. The topological polar surface area (TPSA) is 75.2 Å². The molecule has 3 aromatic carbocycles. The highest BCUT2D eigenvalue weighted by Gasteiger charge is 2.48. The van der Waals surface area contributed by atoms with Gasteiger partial charge >= 0.3 is 0 Å². The number of benzene rings is 3. The van der Waals surface area contributed by atoms with Crippen LogP contribution in [-0.2, 0) is 11.8 Å². The Bertz CT molecular complexity index is 1650. The Kier molecular flexibility index (Phi) is 6.33. The summed E-state index contributed by atoms with van der Waals surface area (Å²) in [6.45, 7) is 10.7. The van der Waals surface area contributed by atoms with Gasteiger partial charge in [-0.05, 0) is 73.6 Å². The molecule has 6 rings (SSSR count). The van der Waals surface area contributed by atoms with Crippen LogP contribution < -0.4 is 10.2 Å². The molecule has 0 fully saturated rings. The SMILES string of the molecule is CC1(C)CC(=O)c2nc(Nc3ccc4c(c3)C(C)(c3ccccc3)CC(C)(C)N4C(=O)c3ccccc3)ncc2C1. The molecule has 0 spiro atoms. The van der Waals surface area contributed by atoms with Crippen molar-refractivity contribution in [3.63, 3.8) is 0 Å². The van der Waals surface area contributed by atoms with E-state index >= 15 is 0 Å². The van der Waals surface area contributed by atoms with Crippen molar-refractivity contribution in [1.82, 2.24) is 9.97 Å². The molecule has 1 N–H and O–H groups in total. The van der Waals surface area contributed by atoms with Gasteiger partial charge in [0.2, 0.25) is 5.95 Å². The second kappa shape index (κ2) is 9.65. The first-order chi connectivity index (χ1) is 19.5. The highest BCUT2D eigenvalue weighted by Crippen LogP contribution is 2.51. The van der Waals surface area contributed by atoms with Crippen molar-refractivity contribution in [2.75, 3.05) is 10.2 Å². The van der Waals surface area contributed by atoms with E-state index in [0.29, 0.717) is 23.6 Å². The summed E-state index contributed by atoms with van der Waals surface area (Å²) in [6.07, 6.45) is 3.77. The van der Waals surface area contributed by atoms with Crippen LogP contribution in [0.1, 0.15) is 85.0 Å². The number of aromatic nitrogens is 2. The maximum atomic E-state index is 14.0. The van der Waals surface area contributed by atoms with E-state index in [2.05, 4.69) is 80.2 Å². The van der Waals surface area contributed by atoms with E-state index in [1.165, 1.54) is 5.56 Å². The van der Waals surface area contributed by atoms with Crippen LogP contribution in [-0.4, -0.2) is 27.2 Å². The Morgan fingerprint density at radius 2 is 1.56 bits per heavy atom. The van der Waals surface area contributed by atoms with Crippen LogP contribution in [0, 0.1) is 5.41 Å². The van der Waals surface area contributed by atoms with Crippen molar-refractivity contribution < 1.29 is 9.59 Å². The number of anilines is 3. The normalized spacial score (nSPS) is 20.6. The number of Topliss-reactive ketones (excluding diaryl/α,β-unsaturated/α-hetero) is 1. The molecule has 6 heteroatoms. The molecular formula is C35H36N4O2. The minimum atomic E-state index is -0.449. The van der Waals surface area contributed by atoms with Crippen molar-refractivity contribution in [2.45, 2.75) is 64.8 Å². The Labute approximate surface area is 241 Å². The lowest BCUT2D eigenvalue weighted by molar-refractivity contribution is 0.0904. The molecule has 6 nitrogen and oxygen atoms in total. The van der Waals surface area contributed by atoms with Gasteiger partial charge in [0.15, 0.2) is 5.78 Å². The number of hydrogen-bond donors (Lipinski definition) is 1. The number of nitrogens with zero attached hydrogens (tertiary/aromatic N) is 3. The van der Waals surface area contributed by atoms with Crippen LogP contribution >= 0.6 is 0 Å². The highest BCUT2D eigenvalue weighted by atomic mass is 16.2. The minimum absolute atomic E-state index is 0.0212. The maximum absolute atomic E-state index is 14.0. The van der Waals surface area contributed by atoms with Gasteiger partial charge in [-0.1, -0.05) is 69.3 Å². The lowest BCUT2D eigenvalue weighted by atomic mass is 9.65. The summed E-state index contributed by atoms with van der Waals surface area (Å²) in [6, 6.07) is 26.0. The fraction of sp³-hybridized carbons (Fsp3) is 0.314. The van der Waals surface area contributed by atoms with E-state index < -0.39 is 5.54 Å². The average Bonchev–Trinajstić information content (AvgIpc) is 2.93. The standard InChI is InChI=1S/C35H36N4O2/c1-33(2)19-24-21-36-32(38-30(24)29(40)20-33)37-26-16-17-28-27(18-26)35(5,25-14-10-7-11-15-25)22-34(3,4)39(28)31(41)23-12-8-6-9-13-23/h6-18,21H,19-20,22H2,1-5H3,(H,36,37,38). The van der Waals surface area contributed by atoms with E-state index in [1.807, 2.05) is 53.4 Å². The lowest BCUT2D eigenvalue weighted by Gasteiger charge is -2.51. The number of hydrogen-bond acceptors (Lipinski definition) is 5. The molecule has 2 heterocycles. The number of fused-ring (bicyclic) bond motifs is 2. The number of carbonyl (C=O) groups is 2. The first-order valence-electron chi connectivity index (χ1n) is 14.2. The number of nitrogens with one attached hydrogen (secondary N) is 1. The molecule has 0 radical (unpaired) electrons. The summed E-state index contributed by atoms with van der Waals surface area (Å²) in [5.41, 5.74) is 5.11. The second-order valence-corrected chi connectivity index (χ2v) is 13.1. The predicted octanol–water partition coefficient (Wildman–Crippen LogP) is 7.51. The molecule has 1 atom stereocenters. The Morgan fingerprint density at radius 3 is 2.27 bits per heavy atom. The largest absolute Gasteiger partial charge is 0.324 e. The van der Waals surface area contributed by atoms with E-state index in [-0.39, 0.29) is 22.5 Å². The van der Waals surface area contributed by atoms with Gasteiger partial charge in [0.1, 0.15) is 5.69 Å². The monoisotopic (exact) mass is 544 g/mol. The Balaban J connectivity index is 1.44. The van der Waals surface area contributed by atoms with E-state index in [1.54, 1.807) is 6.20 Å². The molecule has 2 aliphatic rings. The van der Waals surface area contributed by atoms with Gasteiger partial charge < -0.3 is 10.2 Å². The third-order valence-electron chi connectivity index (χ3n) is 8.55. The van der Waals surface area contributed by atoms with Crippen LogP contribution in [0.25, 0.3) is 0 Å². The predicted molar refractivity (Wildman–Crippen MR) is 163 cm³/mol. The molecule has 1 aromatic heterocycles. The van der Waals surface area contributed by atoms with Crippen molar-refractivity contribution in [1.29, 1.82) is 0 Å². The van der Waals surface area contributed by atoms with Gasteiger partial charge in [-0.15, -0.1) is 0 Å². The number of rotatable bonds is 4. The van der Waals surface area contributed by atoms with Gasteiger partial charge in [0.05, 0.1) is 0 Å². The molecule has 208 valence electrons. The fourth-order valence-corrected chi connectivity index (χ4v) is 6.84. The van der Waals surface area contributed by atoms with Crippen molar-refractivity contribution in [3.05, 3.63) is 113 Å². The smallest absolute Gasteiger partial charge is 0.258 e. The second-order valence-electron chi connectivity index (χ2n) is 13.1. The molecule has 1 amide bonds. The Morgan fingerprint density at radius 1 is 0.878 bits per heavy atom. The van der Waals surface area contributed by atoms with Gasteiger partial charge in [-0.3, -0.25) is 9.59 Å². The van der Waals surface area contributed by atoms with Crippen molar-refractivity contribution in [2.24, 2.45) is 5.41 Å². The van der Waals surface area contributed by atoms with Crippen molar-refractivity contribution in [3.8, 4) is 0 Å². The van der Waals surface area contributed by atoms with Gasteiger partial charge in [-0.2, -0.15) is 0 Å². The number of amides is 1. The molecule has 1 aliphatic heterocycles. The van der Waals surface area contributed by atoms with Crippen LogP contribution in [0.2, 0.25) is 0 Å². The number of carbonyl (C=O) groups excluding carboxylic acids is 2. The molecule has 4 aromatic rings. The molecule has 1 aliphatic carbocycles. The highest BCUT2D eigenvalue weighted by molar-refractivity contribution is 6.08. The van der Waals surface area contributed by atoms with E-state index in [9.17, 15) is 9.59 Å². The zero-order valence-electron chi connectivity index (χ0n) is 24.4. The van der Waals surface area contributed by atoms with E-state index in [0.717, 1.165) is 35.3 Å². The first kappa shape index (κ1) is 26.9. The molecule has 0 saturated carbocycles. The summed E-state index contributed by atoms with van der Waals surface area (Å²) in [7, 11) is 0. The van der Waals surface area contributed by atoms with Gasteiger partial charge in [0.25, 0.3) is 5.91 Å². The summed E-state index contributed by atoms with van der Waals surface area (Å²) < 4.78 is 0. The first-order valence-corrected chi connectivity index (χ1v) is 14.2. The summed E-state index contributed by atoms with van der Waals surface area (Å²) in [5.74, 6) is 0.430. The van der Waals surface area contributed by atoms with Crippen LogP contribution in [0.3, 0.4) is 0 Å². The molecular weight excluding hydrogens is 508 g/mol. The maximum Gasteiger partial charge on any atom is 0.258 e. The molecule has 1 unspecified atom stereocenters. The quantitative estimate of drug-likeness (QED) is 0.288.